The van der Waals surface area contributed by atoms with Crippen molar-refractivity contribution in [1.29, 1.82) is 0 Å². The molecule has 0 radical (unpaired) electrons. The van der Waals surface area contributed by atoms with Gasteiger partial charge in [0.15, 0.2) is 0 Å². The molecule has 1 fully saturated rings. The van der Waals surface area contributed by atoms with Gasteiger partial charge in [0.2, 0.25) is 21.8 Å². The second-order valence-corrected chi connectivity index (χ2v) is 11.8. The van der Waals surface area contributed by atoms with Gasteiger partial charge >= 0.3 is 0 Å². The lowest BCUT2D eigenvalue weighted by Crippen LogP contribution is -2.44. The van der Waals surface area contributed by atoms with Gasteiger partial charge in [-0.15, -0.1) is 0 Å². The molecule has 1 aliphatic rings. The first-order valence-electron chi connectivity index (χ1n) is 12.4. The molecule has 1 atom stereocenters. The number of amides is 2. The van der Waals surface area contributed by atoms with Gasteiger partial charge in [-0.3, -0.25) is 14.5 Å². The normalized spacial score (nSPS) is 16.1. The number of likely N-dealkylation sites (tertiary alicyclic amines) is 1. The summed E-state index contributed by atoms with van der Waals surface area (Å²) in [5.41, 5.74) is 2.35. The van der Waals surface area contributed by atoms with Crippen molar-refractivity contribution >= 4 is 21.8 Å². The summed E-state index contributed by atoms with van der Waals surface area (Å²) in [5.74, 6) is 0.202. The summed E-state index contributed by atoms with van der Waals surface area (Å²) in [6, 6.07) is 13.6. The monoisotopic (exact) mass is 530 g/mol. The number of aryl methyl sites for hydroxylation is 2. The Morgan fingerprint density at radius 3 is 2.38 bits per heavy atom. The zero-order chi connectivity index (χ0) is 27.2. The number of rotatable bonds is 11. The Kier molecular flexibility index (Phi) is 9.69. The van der Waals surface area contributed by atoms with E-state index in [0.717, 1.165) is 30.4 Å². The molecular formula is C27H38N4O5S. The number of benzene rings is 2. The van der Waals surface area contributed by atoms with E-state index in [2.05, 4.69) is 22.3 Å². The number of carbonyl (C=O) groups excluding carboxylic acids is 2. The molecule has 1 unspecified atom stereocenters. The predicted octanol–water partition coefficient (Wildman–Crippen LogP) is 2.03. The van der Waals surface area contributed by atoms with Crippen molar-refractivity contribution in [3.05, 3.63) is 59.2 Å². The molecule has 37 heavy (non-hydrogen) atoms. The Hall–Kier alpha value is -2.95. The molecule has 3 rings (SSSR count). The molecule has 10 heteroatoms. The lowest BCUT2D eigenvalue weighted by molar-refractivity contribution is -0.132. The SMILES string of the molecule is COc1cc(C)c(S(=O)(=O)N(C)CC(=O)NCC(=O)N(C)CC2CCN(Cc3ccccc3)C2)c(C)c1. The maximum atomic E-state index is 13.1. The van der Waals surface area contributed by atoms with E-state index >= 15 is 0 Å². The standard InChI is InChI=1S/C27H38N4O5S/c1-20-13-24(36-5)14-21(2)27(20)37(34,35)30(4)19-25(32)28-15-26(33)29(3)16-23-11-12-31(18-23)17-22-9-7-6-8-10-22/h6-10,13-14,23H,11-12,15-19H2,1-5H3,(H,28,32). The number of hydrogen-bond acceptors (Lipinski definition) is 6. The molecule has 2 aromatic rings. The number of nitrogens with one attached hydrogen (secondary N) is 1. The van der Waals surface area contributed by atoms with Gasteiger partial charge in [0.25, 0.3) is 0 Å². The number of hydrogen-bond donors (Lipinski definition) is 1. The molecule has 0 aromatic heterocycles. The highest BCUT2D eigenvalue weighted by Crippen LogP contribution is 2.27. The van der Waals surface area contributed by atoms with Crippen molar-refractivity contribution in [2.75, 3.05) is 53.9 Å². The first-order valence-corrected chi connectivity index (χ1v) is 13.8. The molecule has 0 bridgehead atoms. The van der Waals surface area contributed by atoms with Crippen molar-refractivity contribution in [2.45, 2.75) is 31.7 Å². The van der Waals surface area contributed by atoms with Crippen LogP contribution >= 0.6 is 0 Å². The Bertz CT molecular complexity index is 1180. The van der Waals surface area contributed by atoms with E-state index < -0.39 is 15.9 Å². The molecule has 0 saturated carbocycles. The van der Waals surface area contributed by atoms with Gasteiger partial charge in [-0.1, -0.05) is 30.3 Å². The Balaban J connectivity index is 1.46. The molecule has 202 valence electrons. The number of ether oxygens (including phenoxy) is 1. The summed E-state index contributed by atoms with van der Waals surface area (Å²) in [6.07, 6.45) is 1.02. The summed E-state index contributed by atoms with van der Waals surface area (Å²) in [5, 5.41) is 2.56. The lowest BCUT2D eigenvalue weighted by Gasteiger charge is -2.23. The highest BCUT2D eigenvalue weighted by Gasteiger charge is 2.28. The van der Waals surface area contributed by atoms with Gasteiger partial charge in [-0.05, 0) is 61.6 Å². The Labute approximate surface area is 220 Å². The molecule has 1 N–H and O–H groups in total. The first kappa shape index (κ1) is 28.6. The van der Waals surface area contributed by atoms with Crippen molar-refractivity contribution in [3.8, 4) is 5.75 Å². The van der Waals surface area contributed by atoms with Crippen molar-refractivity contribution in [3.63, 3.8) is 0 Å². The van der Waals surface area contributed by atoms with E-state index in [4.69, 9.17) is 4.74 Å². The van der Waals surface area contributed by atoms with Gasteiger partial charge < -0.3 is 15.0 Å². The summed E-state index contributed by atoms with van der Waals surface area (Å²) in [7, 11) is 0.709. The highest BCUT2D eigenvalue weighted by atomic mass is 32.2. The average molecular weight is 531 g/mol. The molecular weight excluding hydrogens is 492 g/mol. The van der Waals surface area contributed by atoms with Crippen LogP contribution in [0.25, 0.3) is 0 Å². The van der Waals surface area contributed by atoms with E-state index in [1.54, 1.807) is 37.9 Å². The quantitative estimate of drug-likeness (QED) is 0.477. The van der Waals surface area contributed by atoms with Crippen LogP contribution in [0.3, 0.4) is 0 Å². The van der Waals surface area contributed by atoms with Gasteiger partial charge in [-0.25, -0.2) is 8.42 Å². The molecule has 2 aromatic carbocycles. The van der Waals surface area contributed by atoms with Crippen LogP contribution in [0, 0.1) is 19.8 Å². The predicted molar refractivity (Wildman–Crippen MR) is 143 cm³/mol. The van der Waals surface area contributed by atoms with Gasteiger partial charge in [-0.2, -0.15) is 4.31 Å². The van der Waals surface area contributed by atoms with Crippen LogP contribution < -0.4 is 10.1 Å². The molecule has 1 aliphatic heterocycles. The fourth-order valence-corrected chi connectivity index (χ4v) is 6.31. The summed E-state index contributed by atoms with van der Waals surface area (Å²) >= 11 is 0. The molecule has 1 saturated heterocycles. The second-order valence-electron chi connectivity index (χ2n) is 9.78. The van der Waals surface area contributed by atoms with Crippen LogP contribution in [0.4, 0.5) is 0 Å². The smallest absolute Gasteiger partial charge is 0.243 e. The Morgan fingerprint density at radius 1 is 1.11 bits per heavy atom. The first-order chi connectivity index (χ1) is 17.5. The molecule has 1 heterocycles. The number of carbonyl (C=O) groups is 2. The maximum Gasteiger partial charge on any atom is 0.243 e. The minimum absolute atomic E-state index is 0.150. The fourth-order valence-electron chi connectivity index (χ4n) is 4.78. The summed E-state index contributed by atoms with van der Waals surface area (Å²) in [6.45, 7) is 6.25. The van der Waals surface area contributed by atoms with E-state index in [0.29, 0.717) is 29.3 Å². The van der Waals surface area contributed by atoms with Crippen LogP contribution in [0.15, 0.2) is 47.4 Å². The zero-order valence-electron chi connectivity index (χ0n) is 22.4. The zero-order valence-corrected chi connectivity index (χ0v) is 23.2. The van der Waals surface area contributed by atoms with Crippen LogP contribution in [-0.4, -0.2) is 88.3 Å². The van der Waals surface area contributed by atoms with Crippen LogP contribution in [0.1, 0.15) is 23.1 Å². The summed E-state index contributed by atoms with van der Waals surface area (Å²) < 4.78 is 32.4. The average Bonchev–Trinajstić information content (AvgIpc) is 3.28. The fraction of sp³-hybridized carbons (Fsp3) is 0.481. The number of nitrogens with zero attached hydrogens (tertiary/aromatic N) is 3. The minimum Gasteiger partial charge on any atom is -0.497 e. The third kappa shape index (κ3) is 7.53. The van der Waals surface area contributed by atoms with Crippen LogP contribution in [-0.2, 0) is 26.2 Å². The minimum atomic E-state index is -3.90. The van der Waals surface area contributed by atoms with Gasteiger partial charge in [0.1, 0.15) is 5.75 Å². The third-order valence-corrected chi connectivity index (χ3v) is 8.83. The van der Waals surface area contributed by atoms with E-state index in [1.165, 1.54) is 19.7 Å². The molecule has 0 aliphatic carbocycles. The van der Waals surface area contributed by atoms with E-state index in [-0.39, 0.29) is 23.9 Å². The summed E-state index contributed by atoms with van der Waals surface area (Å²) in [4.78, 5) is 29.3. The van der Waals surface area contributed by atoms with Gasteiger partial charge in [0, 0.05) is 33.7 Å². The van der Waals surface area contributed by atoms with E-state index in [9.17, 15) is 18.0 Å². The van der Waals surface area contributed by atoms with Crippen molar-refractivity contribution in [2.24, 2.45) is 5.92 Å². The van der Waals surface area contributed by atoms with Gasteiger partial charge in [0.05, 0.1) is 25.1 Å². The highest BCUT2D eigenvalue weighted by molar-refractivity contribution is 7.89. The number of sulfonamides is 1. The van der Waals surface area contributed by atoms with Crippen molar-refractivity contribution in [1.82, 2.24) is 19.4 Å². The maximum absolute atomic E-state index is 13.1. The van der Waals surface area contributed by atoms with Crippen LogP contribution in [0.5, 0.6) is 5.75 Å². The Morgan fingerprint density at radius 2 is 1.76 bits per heavy atom. The van der Waals surface area contributed by atoms with Crippen molar-refractivity contribution < 1.29 is 22.7 Å². The topological polar surface area (TPSA) is 99.3 Å². The lowest BCUT2D eigenvalue weighted by atomic mass is 10.1. The largest absolute Gasteiger partial charge is 0.497 e. The van der Waals surface area contributed by atoms with Crippen LogP contribution in [0.2, 0.25) is 0 Å². The second kappa shape index (κ2) is 12.5. The molecule has 9 nitrogen and oxygen atoms in total. The van der Waals surface area contributed by atoms with E-state index in [1.807, 2.05) is 18.2 Å². The number of likely N-dealkylation sites (N-methyl/N-ethyl adjacent to an activating group) is 2. The molecule has 0 spiro atoms. The third-order valence-electron chi connectivity index (χ3n) is 6.72. The molecule has 2 amide bonds. The number of methoxy groups -OCH3 is 1.